The lowest BCUT2D eigenvalue weighted by molar-refractivity contribution is -0.116. The number of rotatable bonds is 9. The first-order valence-corrected chi connectivity index (χ1v) is 14.6. The van der Waals surface area contributed by atoms with Crippen molar-refractivity contribution >= 4 is 28.4 Å². The number of pyridine rings is 1. The average Bonchev–Trinajstić information content (AvgIpc) is 3.42. The number of hydrogen-bond acceptors (Lipinski definition) is 5. The highest BCUT2D eigenvalue weighted by Crippen LogP contribution is 2.34. The summed E-state index contributed by atoms with van der Waals surface area (Å²) in [5.74, 6) is 0.964. The molecule has 3 heterocycles. The molecule has 0 aliphatic carbocycles. The van der Waals surface area contributed by atoms with E-state index in [4.69, 9.17) is 4.74 Å². The number of anilines is 1. The molecule has 3 N–H and O–H groups in total. The van der Waals surface area contributed by atoms with Gasteiger partial charge in [0.05, 0.1) is 0 Å². The van der Waals surface area contributed by atoms with E-state index in [1.54, 1.807) is 19.3 Å². The van der Waals surface area contributed by atoms with Gasteiger partial charge in [-0.2, -0.15) is 0 Å². The molecule has 0 radical (unpaired) electrons. The number of nitrogens with zero attached hydrogens (tertiary/aromatic N) is 2. The van der Waals surface area contributed by atoms with Crippen molar-refractivity contribution in [3.8, 4) is 22.6 Å². The maximum absolute atomic E-state index is 12.9. The molecule has 42 heavy (non-hydrogen) atoms. The monoisotopic (exact) mass is 569 g/mol. The standard InChI is InChI=1S/C33H39N5O4/c1-5-34-32(40)29-19-26-27(20-37(4)33(41)31(26)36-29)23-15-21(2)16-25(17-23)42-24-10-9-22(3)28(18-24)35-30(39)11-14-38-12-7-6-8-13-38/h9-10,15-20,36H,5-8,11-14H2,1-4H3,(H,34,40)(H,35,39). The number of carbonyl (C=O) groups is 2. The van der Waals surface area contributed by atoms with E-state index >= 15 is 0 Å². The summed E-state index contributed by atoms with van der Waals surface area (Å²) in [7, 11) is 1.69. The fourth-order valence-electron chi connectivity index (χ4n) is 5.50. The second-order valence-corrected chi connectivity index (χ2v) is 11.1. The van der Waals surface area contributed by atoms with Crippen molar-refractivity contribution < 1.29 is 14.3 Å². The van der Waals surface area contributed by atoms with E-state index < -0.39 is 0 Å². The lowest BCUT2D eigenvalue weighted by atomic mass is 10.0. The number of nitrogens with one attached hydrogen (secondary N) is 3. The topological polar surface area (TPSA) is 108 Å². The molecule has 2 amide bonds. The third-order valence-corrected chi connectivity index (χ3v) is 7.73. The molecule has 0 unspecified atom stereocenters. The van der Waals surface area contributed by atoms with Crippen LogP contribution in [0.25, 0.3) is 22.0 Å². The molecule has 0 saturated carbocycles. The molecule has 2 aromatic heterocycles. The van der Waals surface area contributed by atoms with E-state index in [2.05, 4.69) is 20.5 Å². The quantitative estimate of drug-likeness (QED) is 0.246. The third kappa shape index (κ3) is 6.57. The second-order valence-electron chi connectivity index (χ2n) is 11.1. The van der Waals surface area contributed by atoms with Crippen LogP contribution in [0.4, 0.5) is 5.69 Å². The minimum Gasteiger partial charge on any atom is -0.457 e. The SMILES string of the molecule is CCNC(=O)c1cc2c(-c3cc(C)cc(Oc4ccc(C)c(NC(=O)CCN5CCCCC5)c4)c3)cn(C)c(=O)c2[nH]1. The van der Waals surface area contributed by atoms with Gasteiger partial charge in [-0.05, 0) is 87.7 Å². The van der Waals surface area contributed by atoms with Crippen molar-refractivity contribution in [2.75, 3.05) is 31.5 Å². The van der Waals surface area contributed by atoms with E-state index in [0.29, 0.717) is 41.1 Å². The second kappa shape index (κ2) is 12.7. The van der Waals surface area contributed by atoms with Gasteiger partial charge in [0.2, 0.25) is 5.91 Å². The number of aromatic nitrogens is 2. The van der Waals surface area contributed by atoms with Gasteiger partial charge in [-0.15, -0.1) is 0 Å². The Morgan fingerprint density at radius 3 is 2.55 bits per heavy atom. The Labute approximate surface area is 245 Å². The zero-order chi connectivity index (χ0) is 29.8. The molecule has 1 fully saturated rings. The Bertz CT molecular complexity index is 1680. The highest BCUT2D eigenvalue weighted by Gasteiger charge is 2.17. The van der Waals surface area contributed by atoms with Crippen LogP contribution < -0.4 is 20.9 Å². The van der Waals surface area contributed by atoms with Crippen LogP contribution in [-0.2, 0) is 11.8 Å². The normalized spacial score (nSPS) is 13.7. The van der Waals surface area contributed by atoms with Gasteiger partial charge in [-0.3, -0.25) is 14.4 Å². The lowest BCUT2D eigenvalue weighted by Gasteiger charge is -2.26. The zero-order valence-corrected chi connectivity index (χ0v) is 24.8. The Balaban J connectivity index is 1.39. The van der Waals surface area contributed by atoms with Gasteiger partial charge in [0.1, 0.15) is 22.7 Å². The van der Waals surface area contributed by atoms with E-state index in [1.165, 1.54) is 23.8 Å². The summed E-state index contributed by atoms with van der Waals surface area (Å²) in [6.07, 6.45) is 5.92. The van der Waals surface area contributed by atoms with E-state index in [9.17, 15) is 14.4 Å². The Kier molecular flexibility index (Phi) is 8.77. The number of benzene rings is 2. The largest absolute Gasteiger partial charge is 0.457 e. The lowest BCUT2D eigenvalue weighted by Crippen LogP contribution is -2.32. The Morgan fingerprint density at radius 1 is 1.00 bits per heavy atom. The predicted octanol–water partition coefficient (Wildman–Crippen LogP) is 5.51. The number of fused-ring (bicyclic) bond motifs is 1. The highest BCUT2D eigenvalue weighted by molar-refractivity contribution is 6.02. The maximum atomic E-state index is 12.9. The van der Waals surface area contributed by atoms with Crippen LogP contribution in [0.2, 0.25) is 0 Å². The molecule has 0 spiro atoms. The summed E-state index contributed by atoms with van der Waals surface area (Å²) in [5, 5.41) is 6.51. The predicted molar refractivity (Wildman–Crippen MR) is 167 cm³/mol. The number of carbonyl (C=O) groups excluding carboxylic acids is 2. The smallest absolute Gasteiger partial charge is 0.274 e. The van der Waals surface area contributed by atoms with Crippen molar-refractivity contribution in [3.05, 3.63) is 75.8 Å². The van der Waals surface area contributed by atoms with Gasteiger partial charge >= 0.3 is 0 Å². The number of amides is 2. The molecule has 1 saturated heterocycles. The summed E-state index contributed by atoms with van der Waals surface area (Å²) < 4.78 is 7.81. The van der Waals surface area contributed by atoms with Crippen LogP contribution in [0.15, 0.2) is 53.5 Å². The van der Waals surface area contributed by atoms with Crippen LogP contribution in [0.5, 0.6) is 11.5 Å². The van der Waals surface area contributed by atoms with Crippen LogP contribution in [0.1, 0.15) is 54.2 Å². The van der Waals surface area contributed by atoms with Gasteiger partial charge < -0.3 is 29.8 Å². The molecule has 9 nitrogen and oxygen atoms in total. The van der Waals surface area contributed by atoms with Crippen LogP contribution >= 0.6 is 0 Å². The fourth-order valence-corrected chi connectivity index (χ4v) is 5.50. The maximum Gasteiger partial charge on any atom is 0.274 e. The minimum absolute atomic E-state index is 0.00383. The summed E-state index contributed by atoms with van der Waals surface area (Å²) >= 11 is 0. The third-order valence-electron chi connectivity index (χ3n) is 7.73. The Hall–Kier alpha value is -4.37. The molecule has 0 atom stereocenters. The van der Waals surface area contributed by atoms with Crippen molar-refractivity contribution in [1.29, 1.82) is 0 Å². The number of piperidine rings is 1. The molecule has 5 rings (SSSR count). The zero-order valence-electron chi connectivity index (χ0n) is 24.8. The molecular formula is C33H39N5O4. The first-order chi connectivity index (χ1) is 20.2. The molecule has 4 aromatic rings. The number of H-pyrrole nitrogens is 1. The number of aromatic amines is 1. The fraction of sp³-hybridized carbons (Fsp3) is 0.364. The van der Waals surface area contributed by atoms with E-state index in [-0.39, 0.29) is 17.4 Å². The van der Waals surface area contributed by atoms with E-state index in [1.807, 2.05) is 57.2 Å². The van der Waals surface area contributed by atoms with Crippen LogP contribution in [-0.4, -0.2) is 52.4 Å². The molecule has 1 aliphatic heterocycles. The number of aryl methyl sites for hydroxylation is 3. The molecule has 9 heteroatoms. The summed E-state index contributed by atoms with van der Waals surface area (Å²) in [5.41, 5.74) is 4.82. The van der Waals surface area contributed by atoms with Crippen LogP contribution in [0.3, 0.4) is 0 Å². The number of likely N-dealkylation sites (tertiary alicyclic amines) is 1. The van der Waals surface area contributed by atoms with Crippen LogP contribution in [0, 0.1) is 13.8 Å². The molecule has 220 valence electrons. The van der Waals surface area contributed by atoms with Gasteiger partial charge in [-0.1, -0.05) is 18.6 Å². The summed E-state index contributed by atoms with van der Waals surface area (Å²) in [4.78, 5) is 43.5. The Morgan fingerprint density at radius 2 is 1.79 bits per heavy atom. The average molecular weight is 570 g/mol. The highest BCUT2D eigenvalue weighted by atomic mass is 16.5. The molecule has 1 aliphatic rings. The number of ether oxygens (including phenoxy) is 1. The van der Waals surface area contributed by atoms with E-state index in [0.717, 1.165) is 47.6 Å². The first-order valence-electron chi connectivity index (χ1n) is 14.6. The van der Waals surface area contributed by atoms with Gasteiger partial charge in [0.25, 0.3) is 11.5 Å². The van der Waals surface area contributed by atoms with Crippen molar-refractivity contribution in [2.45, 2.75) is 46.5 Å². The molecule has 0 bridgehead atoms. The number of hydrogen-bond donors (Lipinski definition) is 3. The molecular weight excluding hydrogens is 530 g/mol. The van der Waals surface area contributed by atoms with Gasteiger partial charge in [0.15, 0.2) is 0 Å². The van der Waals surface area contributed by atoms with Crippen molar-refractivity contribution in [2.24, 2.45) is 7.05 Å². The molecule has 2 aromatic carbocycles. The minimum atomic E-state index is -0.260. The summed E-state index contributed by atoms with van der Waals surface area (Å²) in [6.45, 7) is 9.19. The van der Waals surface area contributed by atoms with Crippen molar-refractivity contribution in [3.63, 3.8) is 0 Å². The summed E-state index contributed by atoms with van der Waals surface area (Å²) in [6, 6.07) is 13.3. The van der Waals surface area contributed by atoms with Crippen molar-refractivity contribution in [1.82, 2.24) is 19.8 Å². The van der Waals surface area contributed by atoms with Gasteiger partial charge in [-0.25, -0.2) is 0 Å². The van der Waals surface area contributed by atoms with Gasteiger partial charge in [0, 0.05) is 55.5 Å². The first kappa shape index (κ1) is 29.1.